The number of halogens is 3. The molecule has 0 spiro atoms. The highest BCUT2D eigenvalue weighted by Gasteiger charge is 2.30. The maximum Gasteiger partial charge on any atom is 0.416 e. The summed E-state index contributed by atoms with van der Waals surface area (Å²) in [6.07, 6.45) is -1.07. The molecule has 0 fully saturated rings. The Morgan fingerprint density at radius 3 is 2.40 bits per heavy atom. The molecule has 0 aliphatic carbocycles. The number of unbranched alkanes of at least 4 members (excludes halogenated alkanes) is 3. The Balaban J connectivity index is 1.70. The molecule has 0 saturated carbocycles. The molecule has 3 rings (SSSR count). The van der Waals surface area contributed by atoms with Crippen molar-refractivity contribution >= 4 is 11.8 Å². The maximum absolute atomic E-state index is 13.3. The monoisotopic (exact) mass is 601 g/mol. The molecule has 2 aromatic carbocycles. The van der Waals surface area contributed by atoms with Gasteiger partial charge in [-0.05, 0) is 37.0 Å². The quantitative estimate of drug-likeness (QED) is 0.199. The second kappa shape index (κ2) is 16.2. The van der Waals surface area contributed by atoms with Crippen LogP contribution in [0.15, 0.2) is 60.7 Å². The minimum atomic E-state index is -4.44. The molecule has 0 aliphatic rings. The number of hydrogen-bond donors (Lipinski definition) is 3. The Morgan fingerprint density at radius 1 is 1.00 bits per heavy atom. The zero-order valence-corrected chi connectivity index (χ0v) is 25.0. The molecule has 11 heteroatoms. The fourth-order valence-electron chi connectivity index (χ4n) is 4.77. The summed E-state index contributed by atoms with van der Waals surface area (Å²) in [4.78, 5) is 28.1. The van der Waals surface area contributed by atoms with Gasteiger partial charge in [-0.2, -0.15) is 18.3 Å². The molecule has 3 N–H and O–H groups in total. The first-order valence-corrected chi connectivity index (χ1v) is 14.8. The molecule has 1 aromatic heterocycles. The van der Waals surface area contributed by atoms with Crippen molar-refractivity contribution in [1.82, 2.24) is 25.3 Å². The van der Waals surface area contributed by atoms with Gasteiger partial charge in [-0.1, -0.05) is 74.7 Å². The minimum absolute atomic E-state index is 0.0178. The van der Waals surface area contributed by atoms with Crippen LogP contribution < -0.4 is 10.6 Å². The van der Waals surface area contributed by atoms with E-state index < -0.39 is 29.8 Å². The van der Waals surface area contributed by atoms with Crippen LogP contribution in [0.3, 0.4) is 0 Å². The summed E-state index contributed by atoms with van der Waals surface area (Å²) in [5, 5.41) is 21.3. The predicted molar refractivity (Wildman–Crippen MR) is 160 cm³/mol. The number of nitrogens with one attached hydrogen (secondary N) is 2. The topological polar surface area (TPSA) is 99.5 Å². The number of aromatic nitrogens is 2. The molecule has 3 aromatic rings. The van der Waals surface area contributed by atoms with Crippen molar-refractivity contribution in [2.24, 2.45) is 0 Å². The van der Waals surface area contributed by atoms with Gasteiger partial charge in [0.2, 0.25) is 0 Å². The van der Waals surface area contributed by atoms with Gasteiger partial charge in [-0.3, -0.25) is 14.3 Å². The van der Waals surface area contributed by atoms with Crippen LogP contribution in [0.1, 0.15) is 77.2 Å². The van der Waals surface area contributed by atoms with Crippen LogP contribution >= 0.6 is 0 Å². The van der Waals surface area contributed by atoms with Crippen LogP contribution in [0, 0.1) is 0 Å². The van der Waals surface area contributed by atoms with Crippen molar-refractivity contribution in [3.63, 3.8) is 0 Å². The lowest BCUT2D eigenvalue weighted by atomic mass is 10.0. The first kappa shape index (κ1) is 33.8. The number of aryl methyl sites for hydroxylation is 1. The summed E-state index contributed by atoms with van der Waals surface area (Å²) >= 11 is 0. The molecule has 8 nitrogen and oxygen atoms in total. The molecular formula is C32H42F3N5O3. The lowest BCUT2D eigenvalue weighted by Crippen LogP contribution is -2.48. The lowest BCUT2D eigenvalue weighted by Gasteiger charge is -2.24. The number of rotatable bonds is 16. The Hall–Kier alpha value is -3.70. The second-order valence-corrected chi connectivity index (χ2v) is 10.7. The van der Waals surface area contributed by atoms with Crippen LogP contribution in [0.2, 0.25) is 0 Å². The van der Waals surface area contributed by atoms with Gasteiger partial charge in [-0.25, -0.2) is 0 Å². The predicted octanol–water partition coefficient (Wildman–Crippen LogP) is 5.07. The molecule has 2 amide bonds. The van der Waals surface area contributed by atoms with Crippen molar-refractivity contribution in [3.8, 4) is 0 Å². The third-order valence-electron chi connectivity index (χ3n) is 7.24. The number of amides is 2. The van der Waals surface area contributed by atoms with Crippen LogP contribution in [0.25, 0.3) is 0 Å². The van der Waals surface area contributed by atoms with Gasteiger partial charge in [-0.15, -0.1) is 0 Å². The van der Waals surface area contributed by atoms with Gasteiger partial charge < -0.3 is 20.6 Å². The number of alkyl halides is 3. The van der Waals surface area contributed by atoms with Crippen molar-refractivity contribution in [1.29, 1.82) is 0 Å². The number of carbonyl (C=O) groups is 2. The van der Waals surface area contributed by atoms with E-state index in [-0.39, 0.29) is 24.7 Å². The van der Waals surface area contributed by atoms with Crippen LogP contribution in [-0.4, -0.2) is 63.9 Å². The highest BCUT2D eigenvalue weighted by atomic mass is 19.4. The molecule has 0 saturated heterocycles. The average molecular weight is 602 g/mol. The number of hydrogen-bond acceptors (Lipinski definition) is 5. The van der Waals surface area contributed by atoms with Crippen LogP contribution in [0.4, 0.5) is 13.2 Å². The molecular weight excluding hydrogens is 559 g/mol. The van der Waals surface area contributed by atoms with Crippen molar-refractivity contribution in [2.45, 2.75) is 77.4 Å². The third-order valence-corrected chi connectivity index (χ3v) is 7.24. The molecule has 43 heavy (non-hydrogen) atoms. The fraction of sp³-hybridized carbons (Fsp3) is 0.469. The first-order chi connectivity index (χ1) is 20.5. The summed E-state index contributed by atoms with van der Waals surface area (Å²) < 4.78 is 40.7. The van der Waals surface area contributed by atoms with Gasteiger partial charge in [0.15, 0.2) is 5.69 Å². The standard InChI is InChI=1S/C32H42F3N5O3/c1-4-6-7-11-17-39(3)31(43)28-20-27(38-40(28)5-2)30(42)37-26(19-23-13-9-8-10-14-23)29(41)22-36-21-24-15-12-16-25(18-24)32(33,34)35/h8-10,12-16,18,20,26,29,36,41H,4-7,11,17,19,21-22H2,1-3H3,(H,37,42)/t26-,29+/m0/s1. The van der Waals surface area contributed by atoms with E-state index in [0.717, 1.165) is 43.4 Å². The summed E-state index contributed by atoms with van der Waals surface area (Å²) in [7, 11) is 1.74. The number of aliphatic hydroxyl groups excluding tert-OH is 1. The maximum atomic E-state index is 13.3. The van der Waals surface area contributed by atoms with Gasteiger partial charge in [0.05, 0.1) is 17.7 Å². The smallest absolute Gasteiger partial charge is 0.390 e. The summed E-state index contributed by atoms with van der Waals surface area (Å²) in [5.74, 6) is -0.755. The Morgan fingerprint density at radius 2 is 1.72 bits per heavy atom. The van der Waals surface area contributed by atoms with Crippen LogP contribution in [-0.2, 0) is 25.7 Å². The third kappa shape index (κ3) is 10.2. The number of nitrogens with zero attached hydrogens (tertiary/aromatic N) is 3. The van der Waals surface area contributed by atoms with Crippen molar-refractivity contribution in [2.75, 3.05) is 20.1 Å². The van der Waals surface area contributed by atoms with E-state index in [4.69, 9.17) is 0 Å². The van der Waals surface area contributed by atoms with Crippen LogP contribution in [0.5, 0.6) is 0 Å². The zero-order valence-electron chi connectivity index (χ0n) is 25.0. The summed E-state index contributed by atoms with van der Waals surface area (Å²) in [6.45, 7) is 5.09. The largest absolute Gasteiger partial charge is 0.416 e. The molecule has 2 atom stereocenters. The van der Waals surface area contributed by atoms with Gasteiger partial charge >= 0.3 is 6.18 Å². The highest BCUT2D eigenvalue weighted by Crippen LogP contribution is 2.29. The zero-order chi connectivity index (χ0) is 31.4. The highest BCUT2D eigenvalue weighted by molar-refractivity contribution is 5.98. The Labute approximate surface area is 251 Å². The molecule has 0 bridgehead atoms. The SMILES string of the molecule is CCCCCCN(C)C(=O)c1cc(C(=O)N[C@@H](Cc2ccccc2)[C@H](O)CNCc2cccc(C(F)(F)F)c2)nn1CC. The Kier molecular flexibility index (Phi) is 12.8. The molecule has 0 aliphatic heterocycles. The Bertz CT molecular complexity index is 1310. The lowest BCUT2D eigenvalue weighted by molar-refractivity contribution is -0.137. The number of benzene rings is 2. The van der Waals surface area contributed by atoms with E-state index in [9.17, 15) is 27.9 Å². The van der Waals surface area contributed by atoms with E-state index in [2.05, 4.69) is 22.7 Å². The molecule has 234 valence electrons. The average Bonchev–Trinajstić information content (AvgIpc) is 3.43. The van der Waals surface area contributed by atoms with Crippen molar-refractivity contribution in [3.05, 3.63) is 88.7 Å². The molecule has 0 radical (unpaired) electrons. The number of carbonyl (C=O) groups excluding carboxylic acids is 2. The van der Waals surface area contributed by atoms with Gasteiger partial charge in [0.1, 0.15) is 5.69 Å². The molecule has 0 unspecified atom stereocenters. The van der Waals surface area contributed by atoms with E-state index in [1.165, 1.54) is 16.8 Å². The second-order valence-electron chi connectivity index (χ2n) is 10.7. The summed E-state index contributed by atoms with van der Waals surface area (Å²) in [5.41, 5.74) is 0.932. The van der Waals surface area contributed by atoms with Gasteiger partial charge in [0.25, 0.3) is 11.8 Å². The van der Waals surface area contributed by atoms with Gasteiger partial charge in [0, 0.05) is 39.3 Å². The first-order valence-electron chi connectivity index (χ1n) is 14.8. The van der Waals surface area contributed by atoms with E-state index in [0.29, 0.717) is 30.8 Å². The minimum Gasteiger partial charge on any atom is -0.390 e. The van der Waals surface area contributed by atoms with E-state index >= 15 is 0 Å². The molecule has 1 heterocycles. The van der Waals surface area contributed by atoms with Crippen molar-refractivity contribution < 1.29 is 27.9 Å². The van der Waals surface area contributed by atoms with E-state index in [1.807, 2.05) is 37.3 Å². The van der Waals surface area contributed by atoms with E-state index in [1.54, 1.807) is 18.0 Å². The number of aliphatic hydroxyl groups is 1. The summed E-state index contributed by atoms with van der Waals surface area (Å²) in [6, 6.07) is 15.0. The normalized spacial score (nSPS) is 13.0. The fourth-order valence-corrected chi connectivity index (χ4v) is 4.77.